The third-order valence-electron chi connectivity index (χ3n) is 2.58. The van der Waals surface area contributed by atoms with Gasteiger partial charge in [-0.2, -0.15) is 0 Å². The van der Waals surface area contributed by atoms with E-state index in [-0.39, 0.29) is 12.3 Å². The summed E-state index contributed by atoms with van der Waals surface area (Å²) in [6.07, 6.45) is 0. The first-order valence-electron chi connectivity index (χ1n) is 4.73. The van der Waals surface area contributed by atoms with Crippen LogP contribution in [0.4, 0.5) is 5.69 Å². The molecule has 6 nitrogen and oxygen atoms in total. The molecule has 0 aliphatic rings. The summed E-state index contributed by atoms with van der Waals surface area (Å²) in [5.74, 6) is 0. The topological polar surface area (TPSA) is 110 Å². The summed E-state index contributed by atoms with van der Waals surface area (Å²) in [7, 11) is 0. The van der Waals surface area contributed by atoms with Crippen LogP contribution in [0.2, 0.25) is 0 Å². The Morgan fingerprint density at radius 1 is 1.50 bits per heavy atom. The first kappa shape index (κ1) is 12.6. The fourth-order valence-corrected chi connectivity index (χ4v) is 1.31. The van der Waals surface area contributed by atoms with Crippen LogP contribution >= 0.6 is 0 Å². The van der Waals surface area contributed by atoms with Gasteiger partial charge in [-0.1, -0.05) is 0 Å². The van der Waals surface area contributed by atoms with Gasteiger partial charge in [-0.3, -0.25) is 10.1 Å². The van der Waals surface area contributed by atoms with Gasteiger partial charge in [0.2, 0.25) is 0 Å². The van der Waals surface area contributed by atoms with E-state index in [0.29, 0.717) is 5.56 Å². The van der Waals surface area contributed by atoms with Gasteiger partial charge < -0.3 is 15.9 Å². The molecule has 0 amide bonds. The second-order valence-electron chi connectivity index (χ2n) is 3.74. The molecule has 0 radical (unpaired) electrons. The Balaban J connectivity index is 3.01. The van der Waals surface area contributed by atoms with E-state index in [0.717, 1.165) is 0 Å². The summed E-state index contributed by atoms with van der Waals surface area (Å²) in [6, 6.07) is 4.58. The molecule has 0 aliphatic heterocycles. The van der Waals surface area contributed by atoms with Gasteiger partial charge in [0.05, 0.1) is 17.6 Å². The van der Waals surface area contributed by atoms with Gasteiger partial charge in [-0.25, -0.2) is 0 Å². The van der Waals surface area contributed by atoms with Crippen molar-refractivity contribution >= 4 is 5.69 Å². The van der Waals surface area contributed by atoms with Crippen molar-refractivity contribution in [2.45, 2.75) is 18.6 Å². The van der Waals surface area contributed by atoms with Gasteiger partial charge in [0.15, 0.2) is 0 Å². The van der Waals surface area contributed by atoms with Crippen LogP contribution in [0.3, 0.4) is 0 Å². The first-order chi connectivity index (χ1) is 7.39. The number of hydrogen-bond acceptors (Lipinski definition) is 5. The summed E-state index contributed by atoms with van der Waals surface area (Å²) < 4.78 is 0. The van der Waals surface area contributed by atoms with E-state index in [1.54, 1.807) is 0 Å². The molecule has 16 heavy (non-hydrogen) atoms. The van der Waals surface area contributed by atoms with Crippen molar-refractivity contribution in [3.63, 3.8) is 0 Å². The summed E-state index contributed by atoms with van der Waals surface area (Å²) in [5, 5.41) is 29.3. The molecule has 1 aromatic rings. The van der Waals surface area contributed by atoms with Crippen molar-refractivity contribution in [3.8, 4) is 0 Å². The van der Waals surface area contributed by atoms with E-state index in [1.165, 1.54) is 31.2 Å². The highest BCUT2D eigenvalue weighted by molar-refractivity contribution is 5.35. The molecule has 88 valence electrons. The molecule has 1 rings (SSSR count). The fraction of sp³-hybridized carbons (Fsp3) is 0.400. The highest BCUT2D eigenvalue weighted by Gasteiger charge is 2.30. The third-order valence-corrected chi connectivity index (χ3v) is 2.58. The molecule has 0 saturated carbocycles. The Bertz CT molecular complexity index is 375. The maximum Gasteiger partial charge on any atom is 0.269 e. The van der Waals surface area contributed by atoms with Gasteiger partial charge >= 0.3 is 0 Å². The van der Waals surface area contributed by atoms with Crippen LogP contribution in [-0.4, -0.2) is 27.8 Å². The van der Waals surface area contributed by atoms with Crippen LogP contribution in [-0.2, 0) is 5.60 Å². The zero-order valence-corrected chi connectivity index (χ0v) is 8.83. The number of rotatable bonds is 4. The monoisotopic (exact) mass is 226 g/mol. The Hall–Kier alpha value is -1.50. The molecule has 2 atom stereocenters. The molecule has 0 unspecified atom stereocenters. The van der Waals surface area contributed by atoms with Gasteiger partial charge in [0.1, 0.15) is 5.60 Å². The van der Waals surface area contributed by atoms with Gasteiger partial charge in [-0.15, -0.1) is 0 Å². The largest absolute Gasteiger partial charge is 0.395 e. The van der Waals surface area contributed by atoms with Crippen molar-refractivity contribution in [1.29, 1.82) is 0 Å². The van der Waals surface area contributed by atoms with Gasteiger partial charge in [-0.05, 0) is 24.6 Å². The molecule has 0 bridgehead atoms. The zero-order chi connectivity index (χ0) is 12.3. The summed E-state index contributed by atoms with van der Waals surface area (Å²) in [6.45, 7) is 1.08. The Morgan fingerprint density at radius 2 is 2.00 bits per heavy atom. The van der Waals surface area contributed by atoms with E-state index in [4.69, 9.17) is 10.8 Å². The van der Waals surface area contributed by atoms with Crippen molar-refractivity contribution in [3.05, 3.63) is 39.9 Å². The van der Waals surface area contributed by atoms with E-state index in [2.05, 4.69) is 0 Å². The number of nitrogens with two attached hydrogens (primary N) is 1. The van der Waals surface area contributed by atoms with Crippen LogP contribution in [0.25, 0.3) is 0 Å². The van der Waals surface area contributed by atoms with Gasteiger partial charge in [0, 0.05) is 12.1 Å². The quantitative estimate of drug-likeness (QED) is 0.499. The lowest BCUT2D eigenvalue weighted by Crippen LogP contribution is -2.45. The highest BCUT2D eigenvalue weighted by atomic mass is 16.6. The second kappa shape index (κ2) is 4.56. The summed E-state index contributed by atoms with van der Waals surface area (Å²) in [5.41, 5.74) is 4.51. The molecular formula is C10H14N2O4. The molecule has 0 aliphatic carbocycles. The van der Waals surface area contributed by atoms with Crippen molar-refractivity contribution in [2.75, 3.05) is 6.61 Å². The zero-order valence-electron chi connectivity index (χ0n) is 8.83. The molecule has 0 spiro atoms. The average molecular weight is 226 g/mol. The number of non-ortho nitro benzene ring substituents is 1. The predicted molar refractivity (Wildman–Crippen MR) is 57.7 cm³/mol. The molecule has 6 heteroatoms. The van der Waals surface area contributed by atoms with E-state index in [9.17, 15) is 15.2 Å². The third kappa shape index (κ3) is 2.35. The molecule has 0 heterocycles. The predicted octanol–water partition coefficient (Wildman–Crippen LogP) is 0.122. The molecule has 0 aromatic heterocycles. The number of aliphatic hydroxyl groups is 2. The SMILES string of the molecule is C[C@@](O)(c1ccc([N+](=O)[O-])cc1)[C@H](N)CO. The molecule has 1 aromatic carbocycles. The lowest BCUT2D eigenvalue weighted by Gasteiger charge is -2.29. The standard InChI is InChI=1S/C10H14N2O4/c1-10(14,9(11)6-13)7-2-4-8(5-3-7)12(15)16/h2-5,9,13-14H,6,11H2,1H3/t9-,10-/m1/s1. The Labute approximate surface area is 92.5 Å². The maximum absolute atomic E-state index is 10.4. The van der Waals surface area contributed by atoms with E-state index >= 15 is 0 Å². The minimum atomic E-state index is -1.41. The smallest absolute Gasteiger partial charge is 0.269 e. The second-order valence-corrected chi connectivity index (χ2v) is 3.74. The number of aliphatic hydroxyl groups excluding tert-OH is 1. The number of hydrogen-bond donors (Lipinski definition) is 3. The average Bonchev–Trinajstić information content (AvgIpc) is 2.28. The first-order valence-corrected chi connectivity index (χ1v) is 4.73. The van der Waals surface area contributed by atoms with E-state index < -0.39 is 16.6 Å². The summed E-state index contributed by atoms with van der Waals surface area (Å²) >= 11 is 0. The molecule has 0 fully saturated rings. The summed E-state index contributed by atoms with van der Waals surface area (Å²) in [4.78, 5) is 9.91. The fourth-order valence-electron chi connectivity index (χ4n) is 1.31. The number of nitrogens with zero attached hydrogens (tertiary/aromatic N) is 1. The number of nitro benzene ring substituents is 1. The highest BCUT2D eigenvalue weighted by Crippen LogP contribution is 2.25. The van der Waals surface area contributed by atoms with Crippen LogP contribution in [0, 0.1) is 10.1 Å². The maximum atomic E-state index is 10.4. The van der Waals surface area contributed by atoms with Gasteiger partial charge in [0.25, 0.3) is 5.69 Å². The van der Waals surface area contributed by atoms with Crippen LogP contribution in [0.1, 0.15) is 12.5 Å². The van der Waals surface area contributed by atoms with Crippen molar-refractivity contribution < 1.29 is 15.1 Å². The molecule has 0 saturated heterocycles. The van der Waals surface area contributed by atoms with Crippen LogP contribution in [0.15, 0.2) is 24.3 Å². The molecular weight excluding hydrogens is 212 g/mol. The lowest BCUT2D eigenvalue weighted by molar-refractivity contribution is -0.384. The Morgan fingerprint density at radius 3 is 2.38 bits per heavy atom. The number of benzene rings is 1. The normalized spacial score (nSPS) is 16.5. The minimum Gasteiger partial charge on any atom is -0.395 e. The number of nitro groups is 1. The Kier molecular flexibility index (Phi) is 3.58. The lowest BCUT2D eigenvalue weighted by atomic mass is 9.89. The van der Waals surface area contributed by atoms with Crippen LogP contribution < -0.4 is 5.73 Å². The minimum absolute atomic E-state index is 0.0582. The van der Waals surface area contributed by atoms with Crippen molar-refractivity contribution in [1.82, 2.24) is 0 Å². The van der Waals surface area contributed by atoms with E-state index in [1.807, 2.05) is 0 Å². The molecule has 4 N–H and O–H groups in total. The van der Waals surface area contributed by atoms with Crippen molar-refractivity contribution in [2.24, 2.45) is 5.73 Å². The van der Waals surface area contributed by atoms with Crippen LogP contribution in [0.5, 0.6) is 0 Å².